The van der Waals surface area contributed by atoms with Gasteiger partial charge in [0.15, 0.2) is 0 Å². The van der Waals surface area contributed by atoms with E-state index in [4.69, 9.17) is 5.73 Å². The molecule has 0 aromatic carbocycles. The topological polar surface area (TPSA) is 56.1 Å². The van der Waals surface area contributed by atoms with E-state index in [9.17, 15) is 4.79 Å². The molecule has 4 nitrogen and oxygen atoms in total. The third-order valence-corrected chi connectivity index (χ3v) is 2.19. The number of amides is 2. The van der Waals surface area contributed by atoms with Crippen LogP contribution in [0.25, 0.3) is 0 Å². The summed E-state index contributed by atoms with van der Waals surface area (Å²) in [6, 6.07) is 0.242. The Morgan fingerprint density at radius 1 is 1.46 bits per heavy atom. The summed E-state index contributed by atoms with van der Waals surface area (Å²) in [4.78, 5) is 13.3. The molecule has 1 fully saturated rings. The van der Waals surface area contributed by atoms with Crippen LogP contribution >= 0.6 is 0 Å². The average Bonchev–Trinajstić information content (AvgIpc) is 2.04. The molecule has 75 valence electrons. The lowest BCUT2D eigenvalue weighted by atomic mass is 10.1. The largest absolute Gasteiger partial charge is 0.336 e. The Hall–Kier alpha value is -0.770. The van der Waals surface area contributed by atoms with Gasteiger partial charge in [0.2, 0.25) is 0 Å². The normalized spacial score (nSPS) is 19.2. The van der Waals surface area contributed by atoms with Gasteiger partial charge in [0.1, 0.15) is 0 Å². The first-order chi connectivity index (χ1) is 6.09. The minimum atomic E-state index is 0.0156. The smallest absolute Gasteiger partial charge is 0.317 e. The fourth-order valence-corrected chi connectivity index (χ4v) is 1.42. The van der Waals surface area contributed by atoms with Crippen LogP contribution in [-0.4, -0.2) is 36.1 Å². The van der Waals surface area contributed by atoms with Gasteiger partial charge >= 0.3 is 6.03 Å². The van der Waals surface area contributed by atoms with Gasteiger partial charge in [-0.15, -0.1) is 0 Å². The Labute approximate surface area is 79.5 Å². The number of carbonyl (C=O) groups is 1. The van der Waals surface area contributed by atoms with Gasteiger partial charge in [0.05, 0.1) is 0 Å². The van der Waals surface area contributed by atoms with Crippen LogP contribution in [0.15, 0.2) is 0 Å². The van der Waals surface area contributed by atoms with Crippen LogP contribution in [0, 0.1) is 0 Å². The molecule has 1 aliphatic heterocycles. The summed E-state index contributed by atoms with van der Waals surface area (Å²) in [6.07, 6.45) is 1.62. The number of nitrogens with zero attached hydrogens (tertiary/aromatic N) is 1. The van der Waals surface area contributed by atoms with Crippen molar-refractivity contribution in [2.45, 2.75) is 38.8 Å². The van der Waals surface area contributed by atoms with Crippen LogP contribution in [0.4, 0.5) is 4.79 Å². The molecule has 0 bridgehead atoms. The first-order valence-corrected chi connectivity index (χ1v) is 4.86. The van der Waals surface area contributed by atoms with Crippen LogP contribution in [0.3, 0.4) is 0 Å². The number of hydrogen-bond acceptors (Lipinski definition) is 1. The van der Waals surface area contributed by atoms with E-state index in [0.29, 0.717) is 0 Å². The average molecular weight is 184 g/mol. The lowest BCUT2D eigenvalue weighted by molar-refractivity contribution is 0.179. The number of urea groups is 1. The van der Waals surface area contributed by atoms with Crippen LogP contribution in [0.5, 0.6) is 0 Å². The molecule has 1 radical (unpaired) electrons. The highest BCUT2D eigenvalue weighted by Gasteiger charge is 2.20. The number of hydrogen-bond donors (Lipinski definition) is 1. The van der Waals surface area contributed by atoms with E-state index < -0.39 is 0 Å². The van der Waals surface area contributed by atoms with E-state index in [1.807, 2.05) is 13.8 Å². The lowest BCUT2D eigenvalue weighted by Crippen LogP contribution is -2.47. The van der Waals surface area contributed by atoms with Crippen LogP contribution in [-0.2, 0) is 0 Å². The summed E-state index contributed by atoms with van der Waals surface area (Å²) in [5, 5.41) is 2.85. The van der Waals surface area contributed by atoms with Gasteiger partial charge in [0.25, 0.3) is 0 Å². The number of nitrogens with one attached hydrogen (secondary N) is 2. The molecule has 0 aromatic heterocycles. The van der Waals surface area contributed by atoms with Crippen molar-refractivity contribution in [2.24, 2.45) is 0 Å². The van der Waals surface area contributed by atoms with Crippen molar-refractivity contribution < 1.29 is 4.79 Å². The quantitative estimate of drug-likeness (QED) is 0.645. The van der Waals surface area contributed by atoms with Crippen molar-refractivity contribution >= 4 is 6.03 Å². The molecule has 0 spiro atoms. The third kappa shape index (κ3) is 3.22. The fraction of sp³-hybridized carbons (Fsp3) is 0.889. The monoisotopic (exact) mass is 184 g/mol. The molecule has 1 aliphatic rings. The zero-order valence-electron chi connectivity index (χ0n) is 8.34. The summed E-state index contributed by atoms with van der Waals surface area (Å²) in [5.74, 6) is 0. The molecule has 4 heteroatoms. The predicted molar refractivity (Wildman–Crippen MR) is 51.4 cm³/mol. The summed E-state index contributed by atoms with van der Waals surface area (Å²) in [5.41, 5.74) is 7.49. The number of carbonyl (C=O) groups excluding carboxylic acids is 1. The SMILES string of the molecule is CC(C)NC(=O)N1CCC([NH])CC1. The second-order valence-electron chi connectivity index (χ2n) is 3.87. The number of rotatable bonds is 1. The zero-order valence-corrected chi connectivity index (χ0v) is 8.34. The van der Waals surface area contributed by atoms with Gasteiger partial charge in [-0.3, -0.25) is 5.73 Å². The molecule has 1 heterocycles. The molecule has 0 aliphatic carbocycles. The van der Waals surface area contributed by atoms with Crippen LogP contribution < -0.4 is 11.1 Å². The van der Waals surface area contributed by atoms with E-state index in [-0.39, 0.29) is 18.1 Å². The Morgan fingerprint density at radius 3 is 2.46 bits per heavy atom. The molecule has 0 aromatic rings. The molecular weight excluding hydrogens is 166 g/mol. The third-order valence-electron chi connectivity index (χ3n) is 2.19. The molecule has 0 atom stereocenters. The first-order valence-electron chi connectivity index (χ1n) is 4.86. The Balaban J connectivity index is 2.31. The molecule has 2 amide bonds. The van der Waals surface area contributed by atoms with Gasteiger partial charge in [0, 0.05) is 25.2 Å². The van der Waals surface area contributed by atoms with Gasteiger partial charge in [-0.1, -0.05) is 0 Å². The minimum Gasteiger partial charge on any atom is -0.336 e. The number of likely N-dealkylation sites (tertiary alicyclic amines) is 1. The van der Waals surface area contributed by atoms with E-state index >= 15 is 0 Å². The standard InChI is InChI=1S/C9H18N3O/c1-7(2)11-9(13)12-5-3-8(10)4-6-12/h7-8,10H,3-6H2,1-2H3,(H,11,13). The molecule has 0 unspecified atom stereocenters. The fourth-order valence-electron chi connectivity index (χ4n) is 1.42. The van der Waals surface area contributed by atoms with Gasteiger partial charge in [-0.05, 0) is 26.7 Å². The summed E-state index contributed by atoms with van der Waals surface area (Å²) >= 11 is 0. The summed E-state index contributed by atoms with van der Waals surface area (Å²) < 4.78 is 0. The maximum absolute atomic E-state index is 11.5. The summed E-state index contributed by atoms with van der Waals surface area (Å²) in [7, 11) is 0. The molecule has 2 N–H and O–H groups in total. The molecule has 13 heavy (non-hydrogen) atoms. The zero-order chi connectivity index (χ0) is 9.84. The minimum absolute atomic E-state index is 0.0156. The van der Waals surface area contributed by atoms with Crippen molar-refractivity contribution in [1.82, 2.24) is 16.0 Å². The molecular formula is C9H18N3O. The second kappa shape index (κ2) is 4.46. The lowest BCUT2D eigenvalue weighted by Gasteiger charge is -2.30. The highest BCUT2D eigenvalue weighted by atomic mass is 16.2. The molecule has 0 saturated carbocycles. The van der Waals surface area contributed by atoms with Crippen LogP contribution in [0.2, 0.25) is 0 Å². The van der Waals surface area contributed by atoms with Crippen molar-refractivity contribution in [3.8, 4) is 0 Å². The maximum Gasteiger partial charge on any atom is 0.317 e. The maximum atomic E-state index is 11.5. The highest BCUT2D eigenvalue weighted by Crippen LogP contribution is 2.09. The van der Waals surface area contributed by atoms with E-state index in [0.717, 1.165) is 25.9 Å². The Bertz CT molecular complexity index is 174. The summed E-state index contributed by atoms with van der Waals surface area (Å²) in [6.45, 7) is 5.36. The van der Waals surface area contributed by atoms with Crippen molar-refractivity contribution in [3.05, 3.63) is 0 Å². The predicted octanol–water partition coefficient (Wildman–Crippen LogP) is 0.852. The van der Waals surface area contributed by atoms with Crippen molar-refractivity contribution in [3.63, 3.8) is 0 Å². The van der Waals surface area contributed by atoms with Crippen molar-refractivity contribution in [2.75, 3.05) is 13.1 Å². The molecule has 1 rings (SSSR count). The van der Waals surface area contributed by atoms with E-state index in [1.165, 1.54) is 0 Å². The second-order valence-corrected chi connectivity index (χ2v) is 3.87. The van der Waals surface area contributed by atoms with Gasteiger partial charge in [-0.25, -0.2) is 4.79 Å². The highest BCUT2D eigenvalue weighted by molar-refractivity contribution is 5.74. The van der Waals surface area contributed by atoms with E-state index in [2.05, 4.69) is 5.32 Å². The van der Waals surface area contributed by atoms with Gasteiger partial charge < -0.3 is 10.2 Å². The van der Waals surface area contributed by atoms with Crippen molar-refractivity contribution in [1.29, 1.82) is 0 Å². The molecule has 1 saturated heterocycles. The van der Waals surface area contributed by atoms with E-state index in [1.54, 1.807) is 4.90 Å². The Morgan fingerprint density at radius 2 is 2.00 bits per heavy atom. The Kier molecular flexibility index (Phi) is 3.54. The first kappa shape index (κ1) is 10.3. The number of piperidine rings is 1. The van der Waals surface area contributed by atoms with Crippen LogP contribution in [0.1, 0.15) is 26.7 Å². The van der Waals surface area contributed by atoms with Gasteiger partial charge in [-0.2, -0.15) is 0 Å².